The molecule has 0 aromatic carbocycles. The maximum atomic E-state index is 11.5. The number of carbonyl (C=O) groups excluding carboxylic acids is 1. The Kier molecular flexibility index (Phi) is 4.95. The molecule has 0 aliphatic rings. The highest BCUT2D eigenvalue weighted by Gasteiger charge is 2.15. The van der Waals surface area contributed by atoms with Gasteiger partial charge >= 0.3 is 5.97 Å². The van der Waals surface area contributed by atoms with Crippen molar-refractivity contribution in [1.82, 2.24) is 4.98 Å². The fraction of sp³-hybridized carbons (Fsp3) is 0.538. The molecular formula is C13H21N3O2. The summed E-state index contributed by atoms with van der Waals surface area (Å²) in [6.45, 7) is 5.98. The molecule has 100 valence electrons. The molecule has 5 nitrogen and oxygen atoms in total. The van der Waals surface area contributed by atoms with Crippen LogP contribution in [0.1, 0.15) is 42.7 Å². The Hall–Kier alpha value is -1.78. The molecule has 1 aromatic heterocycles. The summed E-state index contributed by atoms with van der Waals surface area (Å²) >= 11 is 0. The largest absolute Gasteiger partial charge is 0.465 e. The lowest BCUT2D eigenvalue weighted by Gasteiger charge is -2.18. The highest BCUT2D eigenvalue weighted by atomic mass is 16.5. The quantitative estimate of drug-likeness (QED) is 0.785. The molecule has 0 unspecified atom stereocenters. The first-order valence-electron chi connectivity index (χ1n) is 6.15. The molecule has 0 bridgehead atoms. The molecule has 5 heteroatoms. The van der Waals surface area contributed by atoms with Gasteiger partial charge in [0.25, 0.3) is 0 Å². The molecule has 18 heavy (non-hydrogen) atoms. The van der Waals surface area contributed by atoms with Gasteiger partial charge in [0, 0.05) is 6.04 Å². The third kappa shape index (κ3) is 3.12. The van der Waals surface area contributed by atoms with Crippen LogP contribution in [0.4, 0.5) is 11.5 Å². The SMILES string of the molecule is CCC(CC)Nc1nc(C)c(C(=O)OC)cc1N. The van der Waals surface area contributed by atoms with Crippen molar-refractivity contribution in [1.29, 1.82) is 0 Å². The van der Waals surface area contributed by atoms with Crippen molar-refractivity contribution in [3.8, 4) is 0 Å². The van der Waals surface area contributed by atoms with Crippen LogP contribution in [0.5, 0.6) is 0 Å². The first-order chi connectivity index (χ1) is 8.53. The van der Waals surface area contributed by atoms with Gasteiger partial charge in [-0.1, -0.05) is 13.8 Å². The Labute approximate surface area is 108 Å². The summed E-state index contributed by atoms with van der Waals surface area (Å²) in [5.74, 6) is 0.217. The van der Waals surface area contributed by atoms with Gasteiger partial charge in [0.05, 0.1) is 24.1 Å². The Balaban J connectivity index is 3.03. The second kappa shape index (κ2) is 6.23. The molecule has 0 spiro atoms. The zero-order chi connectivity index (χ0) is 13.7. The molecule has 1 heterocycles. The summed E-state index contributed by atoms with van der Waals surface area (Å²) in [5.41, 5.74) is 7.40. The molecule has 0 aliphatic carbocycles. The highest BCUT2D eigenvalue weighted by Crippen LogP contribution is 2.22. The van der Waals surface area contributed by atoms with Crippen LogP contribution in [0.3, 0.4) is 0 Å². The van der Waals surface area contributed by atoms with E-state index in [1.165, 1.54) is 7.11 Å². The van der Waals surface area contributed by atoms with E-state index in [-0.39, 0.29) is 0 Å². The van der Waals surface area contributed by atoms with Crippen LogP contribution in [0.15, 0.2) is 6.07 Å². The van der Waals surface area contributed by atoms with E-state index in [1.54, 1.807) is 13.0 Å². The number of nitrogens with zero attached hydrogens (tertiary/aromatic N) is 1. The van der Waals surface area contributed by atoms with Crippen LogP contribution in [-0.4, -0.2) is 24.1 Å². The Morgan fingerprint density at radius 1 is 1.50 bits per heavy atom. The van der Waals surface area contributed by atoms with E-state index in [0.717, 1.165) is 12.8 Å². The molecule has 0 fully saturated rings. The van der Waals surface area contributed by atoms with Crippen molar-refractivity contribution in [3.63, 3.8) is 0 Å². The standard InChI is InChI=1S/C13H21N3O2/c1-5-9(6-2)16-12-11(14)7-10(8(3)15-12)13(17)18-4/h7,9H,5-6,14H2,1-4H3,(H,15,16). The van der Waals surface area contributed by atoms with Gasteiger partial charge in [-0.25, -0.2) is 9.78 Å². The van der Waals surface area contributed by atoms with E-state index in [4.69, 9.17) is 5.73 Å². The number of nitrogen functional groups attached to an aromatic ring is 1. The lowest BCUT2D eigenvalue weighted by Crippen LogP contribution is -2.20. The second-order valence-electron chi connectivity index (χ2n) is 4.21. The van der Waals surface area contributed by atoms with Crippen molar-refractivity contribution < 1.29 is 9.53 Å². The van der Waals surface area contributed by atoms with E-state index in [1.807, 2.05) is 0 Å². The van der Waals surface area contributed by atoms with Gasteiger partial charge in [-0.2, -0.15) is 0 Å². The van der Waals surface area contributed by atoms with Gasteiger partial charge < -0.3 is 15.8 Å². The van der Waals surface area contributed by atoms with Crippen molar-refractivity contribution >= 4 is 17.5 Å². The summed E-state index contributed by atoms with van der Waals surface area (Å²) < 4.78 is 4.68. The zero-order valence-corrected chi connectivity index (χ0v) is 11.4. The summed E-state index contributed by atoms with van der Waals surface area (Å²) in [7, 11) is 1.34. The Morgan fingerprint density at radius 2 is 2.11 bits per heavy atom. The Bertz CT molecular complexity index is 428. The minimum absolute atomic E-state index is 0.336. The van der Waals surface area contributed by atoms with E-state index >= 15 is 0 Å². The number of aryl methyl sites for hydroxylation is 1. The number of ether oxygens (including phenoxy) is 1. The third-order valence-corrected chi connectivity index (χ3v) is 2.97. The van der Waals surface area contributed by atoms with Crippen LogP contribution >= 0.6 is 0 Å². The number of methoxy groups -OCH3 is 1. The number of esters is 1. The summed E-state index contributed by atoms with van der Waals surface area (Å²) in [6, 6.07) is 1.95. The van der Waals surface area contributed by atoms with Crippen molar-refractivity contribution in [2.45, 2.75) is 39.7 Å². The van der Waals surface area contributed by atoms with Crippen LogP contribution < -0.4 is 11.1 Å². The maximum Gasteiger partial charge on any atom is 0.339 e. The number of hydrogen-bond acceptors (Lipinski definition) is 5. The normalized spacial score (nSPS) is 10.5. The number of rotatable bonds is 5. The fourth-order valence-corrected chi connectivity index (χ4v) is 1.74. The number of carbonyl (C=O) groups is 1. The number of nitrogens with one attached hydrogen (secondary N) is 1. The van der Waals surface area contributed by atoms with Gasteiger partial charge in [-0.15, -0.1) is 0 Å². The third-order valence-electron chi connectivity index (χ3n) is 2.97. The molecule has 0 atom stereocenters. The predicted molar refractivity (Wildman–Crippen MR) is 72.7 cm³/mol. The van der Waals surface area contributed by atoms with Crippen LogP contribution in [0, 0.1) is 6.92 Å². The molecule has 0 aliphatic heterocycles. The topological polar surface area (TPSA) is 77.2 Å². The van der Waals surface area contributed by atoms with E-state index in [2.05, 4.69) is 28.9 Å². The lowest BCUT2D eigenvalue weighted by molar-refractivity contribution is 0.0599. The molecule has 0 saturated heterocycles. The summed E-state index contributed by atoms with van der Waals surface area (Å²) in [4.78, 5) is 15.8. The van der Waals surface area contributed by atoms with Gasteiger partial charge in [0.1, 0.15) is 5.82 Å². The molecule has 1 aromatic rings. The second-order valence-corrected chi connectivity index (χ2v) is 4.21. The van der Waals surface area contributed by atoms with Crippen LogP contribution in [-0.2, 0) is 4.74 Å². The molecule has 1 rings (SSSR count). The van der Waals surface area contributed by atoms with Crippen molar-refractivity contribution in [2.24, 2.45) is 0 Å². The summed E-state index contributed by atoms with van der Waals surface area (Å²) in [5, 5.41) is 3.28. The molecule has 0 saturated carbocycles. The minimum atomic E-state index is -0.416. The van der Waals surface area contributed by atoms with Crippen molar-refractivity contribution in [3.05, 3.63) is 17.3 Å². The van der Waals surface area contributed by atoms with Gasteiger partial charge in [0.2, 0.25) is 0 Å². The lowest BCUT2D eigenvalue weighted by atomic mass is 10.1. The number of anilines is 2. The maximum absolute atomic E-state index is 11.5. The first kappa shape index (κ1) is 14.3. The van der Waals surface area contributed by atoms with E-state index < -0.39 is 5.97 Å². The number of pyridine rings is 1. The first-order valence-corrected chi connectivity index (χ1v) is 6.15. The van der Waals surface area contributed by atoms with Gasteiger partial charge in [-0.05, 0) is 25.8 Å². The van der Waals surface area contributed by atoms with Crippen LogP contribution in [0.25, 0.3) is 0 Å². The number of hydrogen-bond donors (Lipinski definition) is 2. The smallest absolute Gasteiger partial charge is 0.339 e. The predicted octanol–water partition coefficient (Wildman–Crippen LogP) is 2.36. The Morgan fingerprint density at radius 3 is 2.61 bits per heavy atom. The van der Waals surface area contributed by atoms with Gasteiger partial charge in [0.15, 0.2) is 0 Å². The number of nitrogens with two attached hydrogens (primary N) is 1. The zero-order valence-electron chi connectivity index (χ0n) is 11.4. The molecule has 0 amide bonds. The van der Waals surface area contributed by atoms with Gasteiger partial charge in [-0.3, -0.25) is 0 Å². The highest BCUT2D eigenvalue weighted by molar-refractivity contribution is 5.92. The van der Waals surface area contributed by atoms with Crippen molar-refractivity contribution in [2.75, 3.05) is 18.2 Å². The molecule has 0 radical (unpaired) electrons. The van der Waals surface area contributed by atoms with E-state index in [9.17, 15) is 4.79 Å². The monoisotopic (exact) mass is 251 g/mol. The average molecular weight is 251 g/mol. The van der Waals surface area contributed by atoms with E-state index in [0.29, 0.717) is 28.8 Å². The minimum Gasteiger partial charge on any atom is -0.465 e. The summed E-state index contributed by atoms with van der Waals surface area (Å²) in [6.07, 6.45) is 1.99. The molecular weight excluding hydrogens is 230 g/mol. The average Bonchev–Trinajstić information content (AvgIpc) is 2.38. The van der Waals surface area contributed by atoms with Crippen LogP contribution in [0.2, 0.25) is 0 Å². The molecule has 3 N–H and O–H groups in total. The fourth-order valence-electron chi connectivity index (χ4n) is 1.74. The number of aromatic nitrogens is 1.